The first-order valence-electron chi connectivity index (χ1n) is 10.9. The largest absolute Gasteiger partial charge is 0.351 e. The summed E-state index contributed by atoms with van der Waals surface area (Å²) < 4.78 is 13.6. The van der Waals surface area contributed by atoms with Crippen molar-refractivity contribution in [2.45, 2.75) is 56.3 Å². The predicted octanol–water partition coefficient (Wildman–Crippen LogP) is 0.424. The van der Waals surface area contributed by atoms with Gasteiger partial charge in [-0.15, -0.1) is 0 Å². The van der Waals surface area contributed by atoms with E-state index in [2.05, 4.69) is 10.6 Å². The molecule has 0 radical (unpaired) electrons. The standard InChI is InChI=1S/C22H25FN4O4/c23-14-6-2-5-13(9-14)21(30)26-8-7-16-18(26)22(31)27-11-15(10-17(27)20(29)25-16)24-19(28)12-3-1-4-12/h2,5-6,9,12,15-18H,1,3-4,7-8,10-11H2,(H,24,28)(H,25,29)/t15-,16-,17+,18-/m0/s1. The summed E-state index contributed by atoms with van der Waals surface area (Å²) >= 11 is 0. The molecule has 3 aliphatic heterocycles. The van der Waals surface area contributed by atoms with E-state index in [4.69, 9.17) is 0 Å². The van der Waals surface area contributed by atoms with Gasteiger partial charge in [-0.05, 0) is 43.9 Å². The second-order valence-corrected chi connectivity index (χ2v) is 8.93. The van der Waals surface area contributed by atoms with Gasteiger partial charge in [0.2, 0.25) is 17.7 Å². The molecular formula is C22H25FN4O4. The van der Waals surface area contributed by atoms with Gasteiger partial charge in [-0.1, -0.05) is 12.5 Å². The Kier molecular flexibility index (Phi) is 4.91. The van der Waals surface area contributed by atoms with Crippen molar-refractivity contribution in [1.29, 1.82) is 0 Å². The van der Waals surface area contributed by atoms with E-state index in [-0.39, 0.29) is 41.8 Å². The van der Waals surface area contributed by atoms with Crippen molar-refractivity contribution in [2.75, 3.05) is 13.1 Å². The van der Waals surface area contributed by atoms with Crippen LogP contribution in [0.15, 0.2) is 24.3 Å². The highest BCUT2D eigenvalue weighted by Gasteiger charge is 2.52. The van der Waals surface area contributed by atoms with Gasteiger partial charge in [-0.2, -0.15) is 0 Å². The zero-order chi connectivity index (χ0) is 21.7. The van der Waals surface area contributed by atoms with Crippen molar-refractivity contribution >= 4 is 23.6 Å². The number of carbonyl (C=O) groups excluding carboxylic acids is 4. The first-order valence-corrected chi connectivity index (χ1v) is 10.9. The Morgan fingerprint density at radius 2 is 1.97 bits per heavy atom. The molecule has 1 aliphatic carbocycles. The van der Waals surface area contributed by atoms with Gasteiger partial charge in [0.15, 0.2) is 0 Å². The first-order chi connectivity index (χ1) is 14.9. The predicted molar refractivity (Wildman–Crippen MR) is 107 cm³/mol. The lowest BCUT2D eigenvalue weighted by Gasteiger charge is -2.29. The summed E-state index contributed by atoms with van der Waals surface area (Å²) in [4.78, 5) is 54.6. The number of nitrogens with one attached hydrogen (secondary N) is 2. The summed E-state index contributed by atoms with van der Waals surface area (Å²) in [6, 6.07) is 3.15. The second kappa shape index (κ2) is 7.62. The highest BCUT2D eigenvalue weighted by Crippen LogP contribution is 2.31. The average Bonchev–Trinajstić information content (AvgIpc) is 3.28. The monoisotopic (exact) mass is 428 g/mol. The molecule has 3 saturated heterocycles. The smallest absolute Gasteiger partial charge is 0.254 e. The van der Waals surface area contributed by atoms with Gasteiger partial charge in [0.05, 0.1) is 6.04 Å². The summed E-state index contributed by atoms with van der Waals surface area (Å²) in [5.41, 5.74) is 0.174. The molecule has 9 heteroatoms. The lowest BCUT2D eigenvalue weighted by molar-refractivity contribution is -0.138. The van der Waals surface area contributed by atoms with Crippen LogP contribution in [-0.4, -0.2) is 70.7 Å². The summed E-state index contributed by atoms with van der Waals surface area (Å²) in [7, 11) is 0. The van der Waals surface area contributed by atoms with Gasteiger partial charge < -0.3 is 20.4 Å². The number of nitrogens with zero attached hydrogens (tertiary/aromatic N) is 2. The van der Waals surface area contributed by atoms with E-state index in [9.17, 15) is 23.6 Å². The van der Waals surface area contributed by atoms with Gasteiger partial charge in [-0.3, -0.25) is 19.2 Å². The molecule has 3 heterocycles. The van der Waals surface area contributed by atoms with Crippen molar-refractivity contribution in [3.05, 3.63) is 35.6 Å². The highest BCUT2D eigenvalue weighted by atomic mass is 19.1. The van der Waals surface area contributed by atoms with Crippen LogP contribution in [0, 0.1) is 11.7 Å². The van der Waals surface area contributed by atoms with Gasteiger partial charge in [0.25, 0.3) is 5.91 Å². The zero-order valence-corrected chi connectivity index (χ0v) is 17.1. The number of benzene rings is 1. The molecular weight excluding hydrogens is 403 g/mol. The van der Waals surface area contributed by atoms with Crippen LogP contribution in [0.2, 0.25) is 0 Å². The molecule has 1 aromatic carbocycles. The number of hydrogen-bond donors (Lipinski definition) is 2. The number of likely N-dealkylation sites (tertiary alicyclic amines) is 1. The number of halogens is 1. The molecule has 164 valence electrons. The molecule has 8 nitrogen and oxygen atoms in total. The highest BCUT2D eigenvalue weighted by molar-refractivity contribution is 6.00. The van der Waals surface area contributed by atoms with Crippen LogP contribution in [0.5, 0.6) is 0 Å². The van der Waals surface area contributed by atoms with Gasteiger partial charge in [0, 0.05) is 30.6 Å². The van der Waals surface area contributed by atoms with Gasteiger partial charge in [-0.25, -0.2) is 4.39 Å². The third kappa shape index (κ3) is 3.45. The minimum Gasteiger partial charge on any atom is -0.351 e. The van der Waals surface area contributed by atoms with E-state index in [0.29, 0.717) is 19.4 Å². The van der Waals surface area contributed by atoms with E-state index in [0.717, 1.165) is 25.3 Å². The Morgan fingerprint density at radius 3 is 2.68 bits per heavy atom. The first kappa shape index (κ1) is 20.0. The van der Waals surface area contributed by atoms with Crippen LogP contribution in [0.4, 0.5) is 4.39 Å². The summed E-state index contributed by atoms with van der Waals surface area (Å²) in [5.74, 6) is -1.47. The number of hydrogen-bond acceptors (Lipinski definition) is 4. The Bertz CT molecular complexity index is 949. The van der Waals surface area contributed by atoms with E-state index >= 15 is 0 Å². The number of carbonyl (C=O) groups is 4. The van der Waals surface area contributed by atoms with E-state index in [1.54, 1.807) is 0 Å². The fourth-order valence-corrected chi connectivity index (χ4v) is 5.14. The lowest BCUT2D eigenvalue weighted by Crippen LogP contribution is -2.52. The molecule has 4 fully saturated rings. The van der Waals surface area contributed by atoms with Crippen LogP contribution in [0.25, 0.3) is 0 Å². The van der Waals surface area contributed by atoms with Gasteiger partial charge >= 0.3 is 0 Å². The van der Waals surface area contributed by atoms with Crippen molar-refractivity contribution in [2.24, 2.45) is 5.92 Å². The third-order valence-electron chi connectivity index (χ3n) is 7.02. The zero-order valence-electron chi connectivity index (χ0n) is 17.1. The fraction of sp³-hybridized carbons (Fsp3) is 0.545. The molecule has 0 unspecified atom stereocenters. The second-order valence-electron chi connectivity index (χ2n) is 8.93. The number of fused-ring (bicyclic) bond motifs is 2. The van der Waals surface area contributed by atoms with E-state index in [1.807, 2.05) is 0 Å². The Hall–Kier alpha value is -2.97. The average molecular weight is 428 g/mol. The lowest BCUT2D eigenvalue weighted by atomic mass is 9.84. The van der Waals surface area contributed by atoms with Crippen molar-refractivity contribution in [3.8, 4) is 0 Å². The van der Waals surface area contributed by atoms with Crippen LogP contribution < -0.4 is 10.6 Å². The van der Waals surface area contributed by atoms with Crippen molar-refractivity contribution in [1.82, 2.24) is 20.4 Å². The van der Waals surface area contributed by atoms with E-state index < -0.39 is 29.8 Å². The molecule has 4 aliphatic rings. The SMILES string of the molecule is O=C(N[C@H]1C[C@@H]2C(=O)N[C@H]3CCN(C(=O)c4cccc(F)c4)[C@@H]3C(=O)N2C1)C1CCC1. The maximum Gasteiger partial charge on any atom is 0.254 e. The van der Waals surface area contributed by atoms with Crippen molar-refractivity contribution < 1.29 is 23.6 Å². The van der Waals surface area contributed by atoms with Crippen LogP contribution in [-0.2, 0) is 14.4 Å². The molecule has 4 amide bonds. The minimum atomic E-state index is -0.828. The summed E-state index contributed by atoms with van der Waals surface area (Å²) in [6.45, 7) is 0.553. The Morgan fingerprint density at radius 1 is 1.16 bits per heavy atom. The van der Waals surface area contributed by atoms with Crippen LogP contribution in [0.1, 0.15) is 42.5 Å². The Balaban J connectivity index is 1.35. The third-order valence-corrected chi connectivity index (χ3v) is 7.02. The van der Waals surface area contributed by atoms with Crippen molar-refractivity contribution in [3.63, 3.8) is 0 Å². The molecule has 1 saturated carbocycles. The molecule has 0 spiro atoms. The molecule has 4 atom stereocenters. The number of amides is 4. The quantitative estimate of drug-likeness (QED) is 0.729. The maximum atomic E-state index is 13.6. The minimum absolute atomic E-state index is 0.0107. The molecule has 0 bridgehead atoms. The summed E-state index contributed by atoms with van der Waals surface area (Å²) in [5, 5.41) is 5.92. The topological polar surface area (TPSA) is 98.8 Å². The molecule has 1 aromatic rings. The molecule has 2 N–H and O–H groups in total. The maximum absolute atomic E-state index is 13.6. The van der Waals surface area contributed by atoms with Crippen LogP contribution >= 0.6 is 0 Å². The van der Waals surface area contributed by atoms with Crippen LogP contribution in [0.3, 0.4) is 0 Å². The van der Waals surface area contributed by atoms with Gasteiger partial charge in [0.1, 0.15) is 17.9 Å². The molecule has 5 rings (SSSR count). The fourth-order valence-electron chi connectivity index (χ4n) is 5.14. The molecule has 31 heavy (non-hydrogen) atoms. The van der Waals surface area contributed by atoms with E-state index in [1.165, 1.54) is 28.0 Å². The summed E-state index contributed by atoms with van der Waals surface area (Å²) in [6.07, 6.45) is 3.65. The Labute approximate surface area is 179 Å². The number of rotatable bonds is 3. The normalized spacial score (nSPS) is 30.2. The molecule has 0 aromatic heterocycles.